The standard InChI is InChI=1S/C7H4F3I.C6H6O3S/c8-7(9,10)5-1-3-6(11)4-2-5;7-10(8,9)6-4-2-1-3-5-6/h1-4H;1-5H,(H,7,8,9). The Morgan fingerprint density at radius 3 is 1.71 bits per heavy atom. The van der Waals surface area contributed by atoms with E-state index in [9.17, 15) is 21.6 Å². The monoisotopic (exact) mass is 430 g/mol. The van der Waals surface area contributed by atoms with Gasteiger partial charge in [-0.25, -0.2) is 0 Å². The van der Waals surface area contributed by atoms with E-state index in [2.05, 4.69) is 0 Å². The van der Waals surface area contributed by atoms with E-state index in [0.717, 1.165) is 15.7 Å². The molecule has 21 heavy (non-hydrogen) atoms. The normalized spacial score (nSPS) is 11.5. The molecule has 2 rings (SSSR count). The molecule has 8 heteroatoms. The number of benzene rings is 2. The first kappa shape index (κ1) is 17.9. The van der Waals surface area contributed by atoms with E-state index in [4.69, 9.17) is 4.55 Å². The molecule has 1 N–H and O–H groups in total. The Balaban J connectivity index is 0.000000211. The van der Waals surface area contributed by atoms with Crippen LogP contribution in [0.4, 0.5) is 13.2 Å². The first-order chi connectivity index (χ1) is 9.60. The second-order valence-corrected chi connectivity index (χ2v) is 6.46. The molecular formula is C13H10F3IO3S. The van der Waals surface area contributed by atoms with Gasteiger partial charge in [0, 0.05) is 3.57 Å². The predicted molar refractivity (Wildman–Crippen MR) is 80.4 cm³/mol. The van der Waals surface area contributed by atoms with Gasteiger partial charge in [0.1, 0.15) is 0 Å². The van der Waals surface area contributed by atoms with Gasteiger partial charge in [-0.15, -0.1) is 0 Å². The van der Waals surface area contributed by atoms with Crippen molar-refractivity contribution in [2.45, 2.75) is 11.1 Å². The van der Waals surface area contributed by atoms with Crippen molar-refractivity contribution in [3.63, 3.8) is 0 Å². The van der Waals surface area contributed by atoms with Gasteiger partial charge < -0.3 is 0 Å². The summed E-state index contributed by atoms with van der Waals surface area (Å²) in [6, 6.07) is 12.4. The van der Waals surface area contributed by atoms with Crippen molar-refractivity contribution in [3.8, 4) is 0 Å². The highest BCUT2D eigenvalue weighted by molar-refractivity contribution is 14.1. The first-order valence-corrected chi connectivity index (χ1v) is 7.98. The molecule has 0 heterocycles. The number of halogens is 4. The zero-order valence-corrected chi connectivity index (χ0v) is 13.4. The van der Waals surface area contributed by atoms with Crippen molar-refractivity contribution >= 4 is 32.7 Å². The Kier molecular flexibility index (Phi) is 6.17. The third-order valence-corrected chi connectivity index (χ3v) is 3.80. The zero-order valence-electron chi connectivity index (χ0n) is 10.4. The fourth-order valence-corrected chi connectivity index (χ4v) is 2.09. The molecule has 114 valence electrons. The molecular weight excluding hydrogens is 420 g/mol. The molecule has 0 fully saturated rings. The number of hydrogen-bond donors (Lipinski definition) is 1. The van der Waals surface area contributed by atoms with Crippen LogP contribution in [-0.2, 0) is 16.3 Å². The van der Waals surface area contributed by atoms with E-state index in [-0.39, 0.29) is 4.90 Å². The average Bonchev–Trinajstić information content (AvgIpc) is 2.39. The maximum absolute atomic E-state index is 11.9. The van der Waals surface area contributed by atoms with Gasteiger partial charge in [-0.3, -0.25) is 4.55 Å². The summed E-state index contributed by atoms with van der Waals surface area (Å²) in [5.74, 6) is 0. The predicted octanol–water partition coefficient (Wildman–Crippen LogP) is 4.24. The summed E-state index contributed by atoms with van der Waals surface area (Å²) in [5.41, 5.74) is -0.599. The minimum atomic E-state index is -4.22. The van der Waals surface area contributed by atoms with Crippen LogP contribution < -0.4 is 0 Å². The Labute approximate surface area is 133 Å². The lowest BCUT2D eigenvalue weighted by Crippen LogP contribution is -2.03. The lowest BCUT2D eigenvalue weighted by atomic mass is 10.2. The average molecular weight is 430 g/mol. The highest BCUT2D eigenvalue weighted by Crippen LogP contribution is 2.29. The second kappa shape index (κ2) is 7.23. The zero-order chi connectivity index (χ0) is 16.1. The molecule has 0 radical (unpaired) electrons. The van der Waals surface area contributed by atoms with Crippen molar-refractivity contribution in [1.29, 1.82) is 0 Å². The molecule has 0 unspecified atom stereocenters. The van der Waals surface area contributed by atoms with Gasteiger partial charge in [0.25, 0.3) is 10.1 Å². The minimum Gasteiger partial charge on any atom is -0.282 e. The van der Waals surface area contributed by atoms with E-state index < -0.39 is 21.9 Å². The van der Waals surface area contributed by atoms with E-state index in [1.165, 1.54) is 24.3 Å². The van der Waals surface area contributed by atoms with Crippen molar-refractivity contribution in [2.75, 3.05) is 0 Å². The molecule has 0 atom stereocenters. The summed E-state index contributed by atoms with van der Waals surface area (Å²) in [6.45, 7) is 0. The number of alkyl halides is 3. The molecule has 2 aromatic rings. The van der Waals surface area contributed by atoms with Crippen molar-refractivity contribution in [3.05, 3.63) is 63.7 Å². The molecule has 3 nitrogen and oxygen atoms in total. The smallest absolute Gasteiger partial charge is 0.282 e. The molecule has 0 saturated heterocycles. The lowest BCUT2D eigenvalue weighted by molar-refractivity contribution is -0.137. The van der Waals surface area contributed by atoms with Gasteiger partial charge in [-0.05, 0) is 59.0 Å². The highest BCUT2D eigenvalue weighted by atomic mass is 127. The molecule has 2 aromatic carbocycles. The molecule has 0 spiro atoms. The number of rotatable bonds is 1. The summed E-state index contributed by atoms with van der Waals surface area (Å²) in [5, 5.41) is 0. The maximum atomic E-state index is 11.9. The third kappa shape index (κ3) is 6.44. The van der Waals surface area contributed by atoms with Crippen molar-refractivity contribution in [1.82, 2.24) is 0 Å². The maximum Gasteiger partial charge on any atom is 0.416 e. The topological polar surface area (TPSA) is 54.4 Å². The third-order valence-electron chi connectivity index (χ3n) is 2.21. The molecule has 0 bridgehead atoms. The summed E-state index contributed by atoms with van der Waals surface area (Å²) in [6.07, 6.45) is -4.22. The molecule has 0 aliphatic carbocycles. The van der Waals surface area contributed by atoms with Crippen LogP contribution in [0, 0.1) is 3.57 Å². The summed E-state index contributed by atoms with van der Waals surface area (Å²) in [4.78, 5) is -0.0741. The molecule has 0 saturated carbocycles. The van der Waals surface area contributed by atoms with E-state index in [1.54, 1.807) is 18.2 Å². The van der Waals surface area contributed by atoms with Crippen LogP contribution in [-0.4, -0.2) is 13.0 Å². The van der Waals surface area contributed by atoms with Gasteiger partial charge >= 0.3 is 6.18 Å². The van der Waals surface area contributed by atoms with Gasteiger partial charge in [0.15, 0.2) is 0 Å². The van der Waals surface area contributed by atoms with Gasteiger partial charge in [-0.2, -0.15) is 21.6 Å². The largest absolute Gasteiger partial charge is 0.416 e. The Morgan fingerprint density at radius 2 is 1.38 bits per heavy atom. The molecule has 0 aliphatic heterocycles. The Hall–Kier alpha value is -1.13. The van der Waals surface area contributed by atoms with Crippen molar-refractivity contribution < 1.29 is 26.1 Å². The van der Waals surface area contributed by atoms with Crippen LogP contribution in [0.2, 0.25) is 0 Å². The second-order valence-electron chi connectivity index (χ2n) is 3.79. The van der Waals surface area contributed by atoms with Gasteiger partial charge in [0.05, 0.1) is 10.5 Å². The van der Waals surface area contributed by atoms with E-state index in [1.807, 2.05) is 22.6 Å². The minimum absolute atomic E-state index is 0.0741. The fraction of sp³-hybridized carbons (Fsp3) is 0.0769. The first-order valence-electron chi connectivity index (χ1n) is 5.46. The number of hydrogen-bond acceptors (Lipinski definition) is 2. The quantitative estimate of drug-likeness (QED) is 0.544. The van der Waals surface area contributed by atoms with E-state index in [0.29, 0.717) is 0 Å². The molecule has 0 aliphatic rings. The Bertz CT molecular complexity index is 668. The van der Waals surface area contributed by atoms with Gasteiger partial charge in [-0.1, -0.05) is 18.2 Å². The van der Waals surface area contributed by atoms with Gasteiger partial charge in [0.2, 0.25) is 0 Å². The lowest BCUT2D eigenvalue weighted by Gasteiger charge is -2.04. The van der Waals surface area contributed by atoms with Crippen LogP contribution in [0.5, 0.6) is 0 Å². The molecule has 0 amide bonds. The van der Waals surface area contributed by atoms with Crippen LogP contribution in [0.3, 0.4) is 0 Å². The Morgan fingerprint density at radius 1 is 0.905 bits per heavy atom. The summed E-state index contributed by atoms with van der Waals surface area (Å²) >= 11 is 1.96. The van der Waals surface area contributed by atoms with Crippen LogP contribution in [0.15, 0.2) is 59.5 Å². The molecule has 0 aromatic heterocycles. The van der Waals surface area contributed by atoms with Crippen molar-refractivity contribution in [2.24, 2.45) is 0 Å². The van der Waals surface area contributed by atoms with Crippen LogP contribution in [0.25, 0.3) is 0 Å². The highest BCUT2D eigenvalue weighted by Gasteiger charge is 2.29. The van der Waals surface area contributed by atoms with Crippen LogP contribution in [0.1, 0.15) is 5.56 Å². The summed E-state index contributed by atoms with van der Waals surface area (Å²) in [7, 11) is -4.00. The van der Waals surface area contributed by atoms with E-state index >= 15 is 0 Å². The fourth-order valence-electron chi connectivity index (χ4n) is 1.23. The SMILES string of the molecule is FC(F)(F)c1ccc(I)cc1.O=S(=O)(O)c1ccccc1. The van der Waals surface area contributed by atoms with Crippen LogP contribution >= 0.6 is 22.6 Å². The summed E-state index contributed by atoms with van der Waals surface area (Å²) < 4.78 is 65.8.